The third-order valence-electron chi connectivity index (χ3n) is 24.5. The zero-order valence-electron chi connectivity index (χ0n) is 77.2. The van der Waals surface area contributed by atoms with E-state index < -0.39 is 272 Å². The van der Waals surface area contributed by atoms with Crippen LogP contribution in [0.2, 0.25) is 0 Å². The number of imidazole rings is 1. The van der Waals surface area contributed by atoms with Crippen LogP contribution in [0.3, 0.4) is 0 Å². The summed E-state index contributed by atoms with van der Waals surface area (Å²) in [7, 11) is 2.66. The number of phenolic OH excluding ortho intramolecular Hbond substituents is 1. The lowest BCUT2D eigenvalue weighted by molar-refractivity contribution is -0.149. The molecule has 17 amide bonds. The highest BCUT2D eigenvalue weighted by Crippen LogP contribution is 2.30. The number of thioether (sulfide) groups is 1. The number of unbranched alkanes of at least 4 members (excludes halogenated alkanes) is 3. The number of hydrogen-bond acceptors (Lipinski definition) is 24. The SMILES string of the molecule is CCCC[C@H]1C(=O)N(C)[C@@H](CCCC)C(=O)N[C@@H](CCC(=O)O)C(=O)N[C@H](C(=O)NCC(N)=O)CSCC(=O)N[C@@H](Cc2ccc(O)cc2)C(=O)N[C@H](C)C(=O)N[C@@H](CC(N)=O)C(=O)N2CCC[C@H]2C(=O)N[C@@H](Cc2cnc[nH]2)C(=O)N[C@@H](CCC(N)=O)C(=O)N2C[C@H](O)C[C@H]2C(=O)C[C@@H](Cc2c[nH]c3ccccc23)C(=O)N[C@@H](CCCCN)C(=O)N[C@@H](Cc2c[nH]c3ccccc23)C(=O)N1C. The number of benzene rings is 3. The van der Waals surface area contributed by atoms with Crippen LogP contribution in [0.25, 0.3) is 21.8 Å². The highest BCUT2D eigenvalue weighted by Gasteiger charge is 2.47. The van der Waals surface area contributed by atoms with E-state index in [4.69, 9.17) is 22.9 Å². The van der Waals surface area contributed by atoms with E-state index in [1.165, 1.54) is 57.8 Å². The molecule has 24 N–H and O–H groups in total. The van der Waals surface area contributed by atoms with Crippen molar-refractivity contribution in [2.75, 3.05) is 51.8 Å². The number of likely N-dealkylation sites (N-methyl/N-ethyl adjacent to an activating group) is 2. The van der Waals surface area contributed by atoms with Gasteiger partial charge < -0.3 is 126 Å². The average molecular weight is 1920 g/mol. The van der Waals surface area contributed by atoms with Crippen LogP contribution in [-0.4, -0.2) is 303 Å². The molecule has 0 bridgehead atoms. The van der Waals surface area contributed by atoms with Crippen molar-refractivity contribution in [3.8, 4) is 5.75 Å². The molecule has 3 saturated heterocycles. The van der Waals surface area contributed by atoms with Crippen LogP contribution in [0.1, 0.15) is 159 Å². The monoisotopic (exact) mass is 1920 g/mol. The molecular weight excluding hydrogens is 1800 g/mol. The van der Waals surface area contributed by atoms with Gasteiger partial charge in [-0.3, -0.25) is 91.1 Å². The maximum atomic E-state index is 15.9. The van der Waals surface area contributed by atoms with Crippen molar-refractivity contribution in [1.29, 1.82) is 0 Å². The Morgan fingerprint density at radius 2 is 1.10 bits per heavy atom. The molecule has 3 aliphatic heterocycles. The number of amides is 17. The number of carboxylic acid groups (broad SMARTS) is 1. The lowest BCUT2D eigenvalue weighted by atomic mass is 9.90. The summed E-state index contributed by atoms with van der Waals surface area (Å²) in [5.74, 6) is -21.5. The normalized spacial score (nSPS) is 24.5. The first-order valence-corrected chi connectivity index (χ1v) is 47.1. The summed E-state index contributed by atoms with van der Waals surface area (Å²) in [5, 5.41) is 59.0. The number of H-pyrrole nitrogens is 3. The van der Waals surface area contributed by atoms with Crippen LogP contribution >= 0.6 is 11.8 Å². The number of phenols is 1. The van der Waals surface area contributed by atoms with E-state index in [1.54, 1.807) is 67.8 Å². The van der Waals surface area contributed by atoms with Crippen LogP contribution in [0.5, 0.6) is 5.75 Å². The molecule has 15 atom stereocenters. The van der Waals surface area contributed by atoms with Crippen LogP contribution in [0.4, 0.5) is 0 Å². The van der Waals surface area contributed by atoms with Gasteiger partial charge in [0.1, 0.15) is 78.3 Å². The molecule has 0 unspecified atom stereocenters. The molecule has 3 aliphatic rings. The Hall–Kier alpha value is -13.9. The number of aliphatic hydroxyl groups is 1. The number of primary amides is 3. The van der Waals surface area contributed by atoms with Crippen LogP contribution in [0.15, 0.2) is 97.7 Å². The van der Waals surface area contributed by atoms with Crippen molar-refractivity contribution in [3.63, 3.8) is 0 Å². The number of carbonyl (C=O) groups is 19. The number of nitrogens with zero attached hydrogens (tertiary/aromatic N) is 5. The molecule has 45 heteroatoms. The van der Waals surface area contributed by atoms with Crippen LogP contribution in [0, 0.1) is 5.92 Å². The Morgan fingerprint density at radius 1 is 0.533 bits per heavy atom. The van der Waals surface area contributed by atoms with E-state index >= 15 is 38.4 Å². The first-order valence-electron chi connectivity index (χ1n) is 45.9. The van der Waals surface area contributed by atoms with Crippen molar-refractivity contribution in [2.24, 2.45) is 28.9 Å². The molecule has 3 aromatic carbocycles. The molecular formula is C92H126N22O22S. The fraction of sp³-hybridized carbons (Fsp3) is 0.522. The second kappa shape index (κ2) is 51.7. The minimum absolute atomic E-state index is 0.0249. The van der Waals surface area contributed by atoms with Crippen molar-refractivity contribution < 1.29 is 106 Å². The van der Waals surface area contributed by atoms with Gasteiger partial charge in [0.2, 0.25) is 100 Å². The molecule has 3 aromatic heterocycles. The molecule has 6 aromatic rings. The summed E-state index contributed by atoms with van der Waals surface area (Å²) < 4.78 is 0. The maximum Gasteiger partial charge on any atom is 0.303 e. The molecule has 0 radical (unpaired) electrons. The number of nitrogens with two attached hydrogens (primary N) is 4. The van der Waals surface area contributed by atoms with Gasteiger partial charge >= 0.3 is 5.97 Å². The summed E-state index contributed by atoms with van der Waals surface area (Å²) in [6.45, 7) is 3.52. The van der Waals surface area contributed by atoms with E-state index in [0.29, 0.717) is 75.9 Å². The van der Waals surface area contributed by atoms with Crippen LogP contribution in [-0.2, 0) is 117 Å². The number of carbonyl (C=O) groups excluding carboxylic acids is 18. The number of Topliss-reactive ketones (excluding diaryl/α,β-unsaturated/α-hetero) is 1. The molecule has 0 spiro atoms. The molecule has 3 fully saturated rings. The Balaban J connectivity index is 1.11. The minimum atomic E-state index is -1.82. The summed E-state index contributed by atoms with van der Waals surface area (Å²) >= 11 is 0.698. The van der Waals surface area contributed by atoms with Gasteiger partial charge in [-0.25, -0.2) is 4.98 Å². The van der Waals surface area contributed by atoms with Crippen molar-refractivity contribution >= 4 is 146 Å². The van der Waals surface area contributed by atoms with E-state index in [9.17, 15) is 68.1 Å². The topological polar surface area (TPSA) is 683 Å². The van der Waals surface area contributed by atoms with Gasteiger partial charge in [-0.2, -0.15) is 0 Å². The quantitative estimate of drug-likeness (QED) is 0.0221. The Morgan fingerprint density at radius 3 is 1.73 bits per heavy atom. The average Bonchev–Trinajstić information content (AvgIpc) is 1.63. The Labute approximate surface area is 794 Å². The largest absolute Gasteiger partial charge is 0.508 e. The summed E-state index contributed by atoms with van der Waals surface area (Å²) in [6.07, 6.45) is 0.950. The predicted octanol–water partition coefficient (Wildman–Crippen LogP) is -2.22. The number of hydrogen-bond donors (Lipinski definition) is 20. The van der Waals surface area contributed by atoms with E-state index in [-0.39, 0.29) is 95.2 Å². The molecule has 742 valence electrons. The van der Waals surface area contributed by atoms with Gasteiger partial charge in [0.05, 0.1) is 37.2 Å². The number of aromatic amines is 3. The molecule has 9 rings (SSSR count). The lowest BCUT2D eigenvalue weighted by Gasteiger charge is -2.36. The van der Waals surface area contributed by atoms with Crippen molar-refractivity contribution in [2.45, 2.75) is 247 Å². The smallest absolute Gasteiger partial charge is 0.303 e. The number of aromatic hydroxyl groups is 1. The minimum Gasteiger partial charge on any atom is -0.508 e. The van der Waals surface area contributed by atoms with Gasteiger partial charge in [0.25, 0.3) is 0 Å². The number of carboxylic acids is 1. The van der Waals surface area contributed by atoms with E-state index in [0.717, 1.165) is 19.6 Å². The first kappa shape index (κ1) is 107. The second-order valence-corrected chi connectivity index (χ2v) is 35.8. The Bertz CT molecular complexity index is 5300. The van der Waals surface area contributed by atoms with Gasteiger partial charge in [0, 0.05) is 130 Å². The zero-order valence-corrected chi connectivity index (χ0v) is 78.1. The van der Waals surface area contributed by atoms with Gasteiger partial charge in [-0.1, -0.05) is 88.1 Å². The molecule has 0 aliphatic carbocycles. The Kier molecular flexibility index (Phi) is 40.3. The molecule has 137 heavy (non-hydrogen) atoms. The molecule has 6 heterocycles. The maximum absolute atomic E-state index is 15.9. The fourth-order valence-electron chi connectivity index (χ4n) is 17.0. The number of fused-ring (bicyclic) bond motifs is 4. The number of aromatic nitrogens is 4. The zero-order chi connectivity index (χ0) is 99.9. The number of aliphatic hydroxyl groups excluding tert-OH is 1. The van der Waals surface area contributed by atoms with E-state index in [2.05, 4.69) is 73.1 Å². The van der Waals surface area contributed by atoms with Gasteiger partial charge in [-0.15, -0.1) is 11.8 Å². The van der Waals surface area contributed by atoms with Crippen molar-refractivity contribution in [1.82, 2.24) is 92.7 Å². The third kappa shape index (κ3) is 30.8. The van der Waals surface area contributed by atoms with Crippen LogP contribution < -0.4 is 76.1 Å². The van der Waals surface area contributed by atoms with Crippen molar-refractivity contribution in [3.05, 3.63) is 120 Å². The summed E-state index contributed by atoms with van der Waals surface area (Å²) in [5.41, 5.74) is 25.8. The second-order valence-electron chi connectivity index (χ2n) is 34.8. The first-order chi connectivity index (χ1) is 65.4. The van der Waals surface area contributed by atoms with Gasteiger partial charge in [0.15, 0.2) is 5.78 Å². The highest BCUT2D eigenvalue weighted by molar-refractivity contribution is 8.00. The number of aliphatic carboxylic acids is 1. The fourth-order valence-corrected chi connectivity index (χ4v) is 17.9. The summed E-state index contributed by atoms with van der Waals surface area (Å²) in [4.78, 5) is 293. The number of rotatable bonds is 29. The predicted molar refractivity (Wildman–Crippen MR) is 499 cm³/mol. The van der Waals surface area contributed by atoms with Gasteiger partial charge in [-0.05, 0) is 119 Å². The number of nitrogens with one attached hydrogen (secondary N) is 13. The number of ketones is 1. The highest BCUT2D eigenvalue weighted by atomic mass is 32.2. The molecule has 0 saturated carbocycles. The molecule has 44 nitrogen and oxygen atoms in total. The third-order valence-corrected chi connectivity index (χ3v) is 25.5. The number of para-hydroxylation sites is 2. The van der Waals surface area contributed by atoms with E-state index in [1.807, 2.05) is 6.92 Å². The standard InChI is InChI=1S/C92H126N22O22S/c1-6-8-22-70-87(131)105-63(30-32-79(122)123)84(128)110-69(82(126)100-45-77(96)120)47-137-48-78(121)103-65(35-51-25-27-56(115)28-26-51)85(129)102-50(3)80(124)108-68(41-76(95)119)91(135)113-34-16-24-71(113)88(132)107-66(39-55-44-97-49-101-55)86(130)106-64(29-31-75(94)118)90(134)114-46-57(116)40-73(114)74(117)38-52(36-53-42-98-60-19-12-10-17-58(53)60)81(125)104-62(21-14-15-33-93)83(127)109-67(37-54-43-99-61-20-13-11-18-59(54)61)89(133)112(5)72(23-9-7-2)92(136)111(70)4/h10-13,17-20,25-28,42-44,49-50,52,57,62-73,98-99,115-116H,6-9,14-16,21-24,29-41,45-48,93H2,1-5H3,(H2,94,118)(H2,95,119)(H2,96,120)(H,97,101)(H,100,126)(H,102,129)(H,103,121)(H,104,125)(H,105,131)(H,106,130)(H,107,132)(H,108,124)(H,109,127)(H,110,128)(H,122,123)/t50-,52-,57-,62+,63+,64+,65+,66+,67+,68+,69+,70+,71+,72+,73+/m1/s1. The lowest BCUT2D eigenvalue weighted by Crippen LogP contribution is -2.60. The summed E-state index contributed by atoms with van der Waals surface area (Å²) in [6, 6.07) is -1.14.